The third kappa shape index (κ3) is 3.30. The Balaban J connectivity index is 2.31. The van der Waals surface area contributed by atoms with E-state index in [4.69, 9.17) is 17.3 Å². The molecule has 0 bridgehead atoms. The fourth-order valence-corrected chi connectivity index (χ4v) is 3.03. The van der Waals surface area contributed by atoms with E-state index in [9.17, 15) is 4.79 Å². The summed E-state index contributed by atoms with van der Waals surface area (Å²) in [5.41, 5.74) is 8.56. The van der Waals surface area contributed by atoms with Crippen molar-refractivity contribution >= 4 is 39.0 Å². The van der Waals surface area contributed by atoms with Gasteiger partial charge in [0.2, 0.25) is 0 Å². The Bertz CT molecular complexity index is 682. The molecule has 0 aliphatic carbocycles. The summed E-state index contributed by atoms with van der Waals surface area (Å²) in [5.74, 6) is -0.00477. The summed E-state index contributed by atoms with van der Waals surface area (Å²) >= 11 is 9.52. The Kier molecular flexibility index (Phi) is 5.06. The summed E-state index contributed by atoms with van der Waals surface area (Å²) in [6, 6.07) is 4.96. The smallest absolute Gasteiger partial charge is 0.168 e. The molecule has 2 N–H and O–H groups in total. The van der Waals surface area contributed by atoms with Gasteiger partial charge in [0.1, 0.15) is 0 Å². The van der Waals surface area contributed by atoms with Crippen molar-refractivity contribution in [3.8, 4) is 0 Å². The van der Waals surface area contributed by atoms with Gasteiger partial charge in [-0.3, -0.25) is 9.48 Å². The first kappa shape index (κ1) is 16.0. The van der Waals surface area contributed by atoms with Crippen LogP contribution in [-0.2, 0) is 19.4 Å². The van der Waals surface area contributed by atoms with Crippen molar-refractivity contribution in [1.82, 2.24) is 9.78 Å². The van der Waals surface area contributed by atoms with Gasteiger partial charge in [-0.05, 0) is 47.5 Å². The van der Waals surface area contributed by atoms with Gasteiger partial charge < -0.3 is 5.73 Å². The highest BCUT2D eigenvalue weighted by Crippen LogP contribution is 2.25. The van der Waals surface area contributed by atoms with Crippen molar-refractivity contribution in [2.45, 2.75) is 33.2 Å². The number of carbonyl (C=O) groups excluding carboxylic acids is 1. The number of nitrogens with two attached hydrogens (primary N) is 1. The molecule has 0 saturated carbocycles. The third-order valence-electron chi connectivity index (χ3n) is 3.34. The molecule has 4 nitrogen and oxygen atoms in total. The molecule has 0 atom stereocenters. The number of Topliss-reactive ketones (excluding diaryl/α,β-unsaturated/α-hetero) is 1. The fraction of sp³-hybridized carbons (Fsp3) is 0.333. The van der Waals surface area contributed by atoms with Gasteiger partial charge in [0.15, 0.2) is 5.78 Å². The highest BCUT2D eigenvalue weighted by atomic mass is 79.9. The standard InChI is InChI=1S/C15H17BrClN3O/c1-3-12-15(16)13(20(4-2)19-12)8-14(21)9-5-6-11(18)10(17)7-9/h5-7H,3-4,8,18H2,1-2H3. The van der Waals surface area contributed by atoms with E-state index in [1.807, 2.05) is 18.5 Å². The van der Waals surface area contributed by atoms with Crippen molar-refractivity contribution in [3.63, 3.8) is 0 Å². The van der Waals surface area contributed by atoms with Gasteiger partial charge in [-0.25, -0.2) is 0 Å². The van der Waals surface area contributed by atoms with Crippen LogP contribution in [0.2, 0.25) is 5.02 Å². The van der Waals surface area contributed by atoms with Crippen molar-refractivity contribution < 1.29 is 4.79 Å². The van der Waals surface area contributed by atoms with E-state index < -0.39 is 0 Å². The van der Waals surface area contributed by atoms with Gasteiger partial charge in [0.05, 0.1) is 33.0 Å². The van der Waals surface area contributed by atoms with Gasteiger partial charge in [-0.15, -0.1) is 0 Å². The van der Waals surface area contributed by atoms with E-state index in [1.165, 1.54) is 0 Å². The van der Waals surface area contributed by atoms with E-state index in [0.717, 1.165) is 28.8 Å². The van der Waals surface area contributed by atoms with Crippen LogP contribution in [0.4, 0.5) is 5.69 Å². The number of hydrogen-bond acceptors (Lipinski definition) is 3. The van der Waals surface area contributed by atoms with Crippen LogP contribution in [0.5, 0.6) is 0 Å². The van der Waals surface area contributed by atoms with Crippen molar-refractivity contribution in [2.75, 3.05) is 5.73 Å². The first-order chi connectivity index (χ1) is 9.97. The summed E-state index contributed by atoms with van der Waals surface area (Å²) in [6.07, 6.45) is 1.10. The van der Waals surface area contributed by atoms with E-state index in [1.54, 1.807) is 18.2 Å². The summed E-state index contributed by atoms with van der Waals surface area (Å²) in [7, 11) is 0. The summed E-state index contributed by atoms with van der Waals surface area (Å²) in [6.45, 7) is 4.77. The molecule has 2 rings (SSSR count). The van der Waals surface area contributed by atoms with Crippen molar-refractivity contribution in [1.29, 1.82) is 0 Å². The van der Waals surface area contributed by atoms with Crippen molar-refractivity contribution in [2.24, 2.45) is 0 Å². The van der Waals surface area contributed by atoms with Gasteiger partial charge in [0.25, 0.3) is 0 Å². The van der Waals surface area contributed by atoms with Crippen LogP contribution in [0.25, 0.3) is 0 Å². The number of nitrogens with zero attached hydrogens (tertiary/aromatic N) is 2. The average molecular weight is 371 g/mol. The molecule has 0 fully saturated rings. The zero-order valence-corrected chi connectivity index (χ0v) is 14.3. The van der Waals surface area contributed by atoms with Crippen LogP contribution < -0.4 is 5.73 Å². The van der Waals surface area contributed by atoms with Crippen LogP contribution >= 0.6 is 27.5 Å². The molecule has 0 saturated heterocycles. The predicted octanol–water partition coefficient (Wildman–Crippen LogP) is 3.89. The predicted molar refractivity (Wildman–Crippen MR) is 88.9 cm³/mol. The second-order valence-corrected chi connectivity index (χ2v) is 5.91. The van der Waals surface area contributed by atoms with Gasteiger partial charge in [-0.1, -0.05) is 18.5 Å². The van der Waals surface area contributed by atoms with Crippen molar-refractivity contribution in [3.05, 3.63) is 44.6 Å². The number of hydrogen-bond donors (Lipinski definition) is 1. The minimum Gasteiger partial charge on any atom is -0.398 e. The molecule has 2 aromatic rings. The Labute approximate surface area is 137 Å². The number of rotatable bonds is 5. The molecular weight excluding hydrogens is 354 g/mol. The number of ketones is 1. The summed E-state index contributed by atoms with van der Waals surface area (Å²) in [4.78, 5) is 12.4. The summed E-state index contributed by atoms with van der Waals surface area (Å²) in [5, 5.41) is 4.90. The number of benzene rings is 1. The number of aryl methyl sites for hydroxylation is 2. The Morgan fingerprint density at radius 3 is 2.71 bits per heavy atom. The van der Waals surface area contributed by atoms with Crippen LogP contribution in [0.15, 0.2) is 22.7 Å². The number of carbonyl (C=O) groups is 1. The largest absolute Gasteiger partial charge is 0.398 e. The molecule has 6 heteroatoms. The molecule has 0 aliphatic heterocycles. The van der Waals surface area contributed by atoms with Gasteiger partial charge in [-0.2, -0.15) is 5.10 Å². The van der Waals surface area contributed by atoms with Crippen LogP contribution in [0.1, 0.15) is 35.6 Å². The van der Waals surface area contributed by atoms with E-state index in [-0.39, 0.29) is 12.2 Å². The summed E-state index contributed by atoms with van der Waals surface area (Å²) < 4.78 is 2.78. The minimum absolute atomic E-state index is 0.00477. The average Bonchev–Trinajstić information content (AvgIpc) is 2.78. The van der Waals surface area contributed by atoms with E-state index >= 15 is 0 Å². The number of nitrogen functional groups attached to an aromatic ring is 1. The molecule has 1 heterocycles. The van der Waals surface area contributed by atoms with Gasteiger partial charge in [0, 0.05) is 12.1 Å². The molecule has 1 aromatic carbocycles. The Hall–Kier alpha value is -1.33. The maximum atomic E-state index is 12.4. The lowest BCUT2D eigenvalue weighted by Crippen LogP contribution is -2.10. The molecular formula is C15H17BrClN3O. The highest BCUT2D eigenvalue weighted by molar-refractivity contribution is 9.10. The lowest BCUT2D eigenvalue weighted by Gasteiger charge is -2.06. The number of halogens is 2. The quantitative estimate of drug-likeness (QED) is 0.641. The molecule has 0 radical (unpaired) electrons. The Morgan fingerprint density at radius 1 is 1.43 bits per heavy atom. The van der Waals surface area contributed by atoms with Gasteiger partial charge >= 0.3 is 0 Å². The first-order valence-electron chi connectivity index (χ1n) is 6.80. The van der Waals surface area contributed by atoms with Crippen LogP contribution in [0, 0.1) is 0 Å². The van der Waals surface area contributed by atoms with E-state index in [2.05, 4.69) is 21.0 Å². The monoisotopic (exact) mass is 369 g/mol. The number of anilines is 1. The maximum absolute atomic E-state index is 12.4. The fourth-order valence-electron chi connectivity index (χ4n) is 2.14. The third-order valence-corrected chi connectivity index (χ3v) is 4.59. The lowest BCUT2D eigenvalue weighted by molar-refractivity contribution is 0.0990. The Morgan fingerprint density at radius 2 is 2.14 bits per heavy atom. The maximum Gasteiger partial charge on any atom is 0.168 e. The first-order valence-corrected chi connectivity index (χ1v) is 7.97. The zero-order chi connectivity index (χ0) is 15.6. The molecule has 112 valence electrons. The molecule has 1 aromatic heterocycles. The molecule has 0 amide bonds. The normalized spacial score (nSPS) is 10.9. The molecule has 0 aliphatic rings. The second-order valence-electron chi connectivity index (χ2n) is 4.71. The van der Waals surface area contributed by atoms with E-state index in [0.29, 0.717) is 16.3 Å². The molecule has 0 unspecified atom stereocenters. The topological polar surface area (TPSA) is 60.9 Å². The highest BCUT2D eigenvalue weighted by Gasteiger charge is 2.18. The lowest BCUT2D eigenvalue weighted by atomic mass is 10.1. The number of aromatic nitrogens is 2. The molecule has 21 heavy (non-hydrogen) atoms. The minimum atomic E-state index is -0.00477. The molecule has 0 spiro atoms. The zero-order valence-electron chi connectivity index (χ0n) is 12.0. The van der Waals surface area contributed by atoms with Crippen LogP contribution in [0.3, 0.4) is 0 Å². The SMILES string of the molecule is CCc1nn(CC)c(CC(=O)c2ccc(N)c(Cl)c2)c1Br. The second kappa shape index (κ2) is 6.62. The van der Waals surface area contributed by atoms with Crippen LogP contribution in [-0.4, -0.2) is 15.6 Å².